The number of anilines is 4. The maximum absolute atomic E-state index is 15.8. The Labute approximate surface area is 449 Å². The molecule has 400 valence electrons. The van der Waals surface area contributed by atoms with Crippen molar-refractivity contribution < 1.29 is 44.3 Å². The highest BCUT2D eigenvalue weighted by atomic mass is 35.5. The maximum Gasteiger partial charge on any atom is 0.501 e. The van der Waals surface area contributed by atoms with Gasteiger partial charge in [0.2, 0.25) is 0 Å². The van der Waals surface area contributed by atoms with E-state index in [-0.39, 0.29) is 21.5 Å². The normalized spacial score (nSPS) is 15.6. The number of rotatable bonds is 19. The number of carboxylic acids is 1. The second-order valence-electron chi connectivity index (χ2n) is 19.1. The number of piperazine rings is 1. The molecule has 1 atom stereocenters. The highest BCUT2D eigenvalue weighted by Crippen LogP contribution is 2.45. The number of aliphatic carboxylic acids is 1. The Bertz CT molecular complexity index is 3200. The second kappa shape index (κ2) is 23.5. The third kappa shape index (κ3) is 13.2. The number of aromatic nitrogens is 1. The molecular weight excluding hydrogens is 1070 g/mol. The van der Waals surface area contributed by atoms with E-state index in [9.17, 15) is 39.9 Å². The Morgan fingerprint density at radius 2 is 1.44 bits per heavy atom. The van der Waals surface area contributed by atoms with Gasteiger partial charge in [-0.05, 0) is 161 Å². The van der Waals surface area contributed by atoms with Crippen LogP contribution >= 0.6 is 35.3 Å². The summed E-state index contributed by atoms with van der Waals surface area (Å²) in [7, 11) is -9.56. The number of nitrogens with zero attached hydrogens (tertiary/aromatic N) is 4. The number of hydrogen-bond donors (Lipinski definition) is 3. The number of alkyl halides is 3. The molecule has 5 aromatic carbocycles. The number of carbonyl (C=O) groups is 1. The van der Waals surface area contributed by atoms with Crippen LogP contribution in [0.5, 0.6) is 0 Å². The lowest BCUT2D eigenvalue weighted by Gasteiger charge is -2.37. The second-order valence-corrected chi connectivity index (χ2v) is 25.4. The van der Waals surface area contributed by atoms with E-state index < -0.39 is 53.8 Å². The van der Waals surface area contributed by atoms with Crippen molar-refractivity contribution in [2.45, 2.75) is 77.2 Å². The van der Waals surface area contributed by atoms with Crippen molar-refractivity contribution >= 4 is 83.7 Å². The summed E-state index contributed by atoms with van der Waals surface area (Å²) in [5.74, 6) is -1.32. The molecule has 0 bridgehead atoms. The monoisotopic (exact) mass is 1130 g/mol. The molecule has 0 amide bonds. The van der Waals surface area contributed by atoms with Crippen LogP contribution < -0.4 is 19.8 Å². The quantitative estimate of drug-likeness (QED) is 0.0402. The molecule has 2 fully saturated rings. The van der Waals surface area contributed by atoms with Crippen LogP contribution in [0.15, 0.2) is 135 Å². The standard InChI is InChI=1S/C54H59ClF4N6O6S4/c1-35(2)65-36(3)52(74(4,68)69)50(51(65)37-10-12-40(55)13-11-37)39-30-41(56)32-45(31-39)64-28-26-63(27-29-64)44-16-14-42(15-17-44)61-73-47-18-19-48(49(33-47)75(70,71)54(57,58)59)60-43(34-72-46-8-6-5-7-9-46)22-25-62-23-20-38(21-24-62)53(66)67/h5-19,30-33,35,38,43,60-61H,20-29,34H2,1-4H3,(H,66,67)/t43-/m1/s1. The van der Waals surface area contributed by atoms with E-state index in [1.54, 1.807) is 25.1 Å². The van der Waals surface area contributed by atoms with Crippen LogP contribution in [0.4, 0.5) is 40.3 Å². The summed E-state index contributed by atoms with van der Waals surface area (Å²) < 4.78 is 117. The third-order valence-corrected chi connectivity index (χ3v) is 18.6. The molecule has 0 radical (unpaired) electrons. The van der Waals surface area contributed by atoms with Gasteiger partial charge in [-0.3, -0.25) is 4.79 Å². The highest BCUT2D eigenvalue weighted by Gasteiger charge is 2.48. The predicted molar refractivity (Wildman–Crippen MR) is 295 cm³/mol. The maximum atomic E-state index is 15.8. The number of halogens is 5. The lowest BCUT2D eigenvalue weighted by atomic mass is 9.97. The number of nitrogens with one attached hydrogen (secondary N) is 2. The van der Waals surface area contributed by atoms with Crippen LogP contribution in [0.2, 0.25) is 5.02 Å². The van der Waals surface area contributed by atoms with Crippen LogP contribution in [-0.2, 0) is 24.5 Å². The van der Waals surface area contributed by atoms with Crippen molar-refractivity contribution in [2.75, 3.05) is 77.7 Å². The van der Waals surface area contributed by atoms with Gasteiger partial charge < -0.3 is 34.4 Å². The highest BCUT2D eigenvalue weighted by molar-refractivity contribution is 8.00. The Morgan fingerprint density at radius 1 is 0.800 bits per heavy atom. The minimum Gasteiger partial charge on any atom is -0.481 e. The zero-order valence-electron chi connectivity index (χ0n) is 41.8. The van der Waals surface area contributed by atoms with Crippen molar-refractivity contribution in [2.24, 2.45) is 5.92 Å². The smallest absolute Gasteiger partial charge is 0.481 e. The molecule has 3 heterocycles. The zero-order valence-corrected chi connectivity index (χ0v) is 45.8. The number of carboxylic acid groups (broad SMARTS) is 1. The van der Waals surface area contributed by atoms with Crippen LogP contribution in [0.1, 0.15) is 44.8 Å². The van der Waals surface area contributed by atoms with Gasteiger partial charge in [-0.1, -0.05) is 41.9 Å². The summed E-state index contributed by atoms with van der Waals surface area (Å²) in [5.41, 5.74) is -0.768. The third-order valence-electron chi connectivity index (χ3n) is 13.6. The molecule has 2 saturated heterocycles. The summed E-state index contributed by atoms with van der Waals surface area (Å²) in [4.78, 5) is 18.3. The number of sulfone groups is 2. The van der Waals surface area contributed by atoms with Gasteiger partial charge in [-0.2, -0.15) is 13.2 Å². The van der Waals surface area contributed by atoms with Crippen LogP contribution in [-0.4, -0.2) is 107 Å². The topological polar surface area (TPSA) is 144 Å². The van der Waals surface area contributed by atoms with Crippen molar-refractivity contribution in [1.29, 1.82) is 0 Å². The molecule has 12 nitrogen and oxygen atoms in total. The first-order chi connectivity index (χ1) is 35.6. The van der Waals surface area contributed by atoms with Gasteiger partial charge in [0.05, 0.1) is 22.2 Å². The van der Waals surface area contributed by atoms with Gasteiger partial charge in [0.1, 0.15) is 10.7 Å². The zero-order chi connectivity index (χ0) is 53.8. The lowest BCUT2D eigenvalue weighted by molar-refractivity contribution is -0.143. The summed E-state index contributed by atoms with van der Waals surface area (Å²) in [6.07, 6.45) is 2.64. The fourth-order valence-corrected chi connectivity index (χ4v) is 13.9. The molecule has 1 aromatic heterocycles. The van der Waals surface area contributed by atoms with Crippen LogP contribution in [0, 0.1) is 18.7 Å². The van der Waals surface area contributed by atoms with E-state index in [2.05, 4.69) is 24.7 Å². The number of hydrogen-bond acceptors (Lipinski definition) is 12. The fourth-order valence-electron chi connectivity index (χ4n) is 9.83. The van der Waals surface area contributed by atoms with Gasteiger partial charge >= 0.3 is 11.5 Å². The lowest BCUT2D eigenvalue weighted by Crippen LogP contribution is -2.46. The molecule has 75 heavy (non-hydrogen) atoms. The molecule has 21 heteroatoms. The molecule has 0 aliphatic carbocycles. The average molecular weight is 1130 g/mol. The Morgan fingerprint density at radius 3 is 2.04 bits per heavy atom. The first-order valence-corrected chi connectivity index (χ1v) is 30.0. The Kier molecular flexibility index (Phi) is 17.5. The minimum absolute atomic E-state index is 0.119. The van der Waals surface area contributed by atoms with E-state index in [1.807, 2.05) is 91.2 Å². The van der Waals surface area contributed by atoms with E-state index in [1.165, 1.54) is 36.2 Å². The van der Waals surface area contributed by atoms with Crippen molar-refractivity contribution in [3.05, 3.63) is 132 Å². The molecule has 0 unspecified atom stereocenters. The Hall–Kier alpha value is -5.38. The predicted octanol–water partition coefficient (Wildman–Crippen LogP) is 12.4. The van der Waals surface area contributed by atoms with Crippen molar-refractivity contribution in [3.8, 4) is 22.4 Å². The van der Waals surface area contributed by atoms with Crippen molar-refractivity contribution in [3.63, 3.8) is 0 Å². The number of thioether (sulfide) groups is 1. The van der Waals surface area contributed by atoms with Gasteiger partial charge in [-0.25, -0.2) is 21.2 Å². The molecule has 3 N–H and O–H groups in total. The van der Waals surface area contributed by atoms with E-state index >= 15 is 4.39 Å². The van der Waals surface area contributed by atoms with E-state index in [0.29, 0.717) is 110 Å². The van der Waals surface area contributed by atoms with Crippen LogP contribution in [0.25, 0.3) is 22.4 Å². The summed E-state index contributed by atoms with van der Waals surface area (Å²) in [5, 5.41) is 13.1. The first kappa shape index (κ1) is 55.8. The molecular formula is C54H59ClF4N6O6S4. The molecule has 2 aliphatic rings. The van der Waals surface area contributed by atoms with Gasteiger partial charge in [0.15, 0.2) is 9.84 Å². The SMILES string of the molecule is Cc1c(S(C)(=O)=O)c(-c2cc(F)cc(N3CCN(c4ccc(NSc5ccc(N[C@H](CCN6CCC(C(=O)O)CC6)CSc6ccccc6)c(S(=O)(=O)C(F)(F)F)c5)cc4)CC3)c2)c(-c2ccc(Cl)cc2)n1C(C)C. The van der Waals surface area contributed by atoms with E-state index in [4.69, 9.17) is 11.6 Å². The molecule has 0 saturated carbocycles. The molecule has 6 aromatic rings. The first-order valence-electron chi connectivity index (χ1n) is 24.5. The summed E-state index contributed by atoms with van der Waals surface area (Å²) in [6, 6.07) is 32.2. The molecule has 0 spiro atoms. The van der Waals surface area contributed by atoms with Crippen LogP contribution in [0.3, 0.4) is 0 Å². The Balaban J connectivity index is 0.949. The molecule has 8 rings (SSSR count). The van der Waals surface area contributed by atoms with Gasteiger partial charge in [0.25, 0.3) is 9.84 Å². The largest absolute Gasteiger partial charge is 0.501 e. The van der Waals surface area contributed by atoms with Crippen molar-refractivity contribution in [1.82, 2.24) is 9.47 Å². The summed E-state index contributed by atoms with van der Waals surface area (Å²) >= 11 is 8.72. The number of likely N-dealkylation sites (tertiary alicyclic amines) is 1. The molecule has 2 aliphatic heterocycles. The average Bonchev–Trinajstić information content (AvgIpc) is 3.71. The van der Waals surface area contributed by atoms with Gasteiger partial charge in [-0.15, -0.1) is 11.8 Å². The van der Waals surface area contributed by atoms with E-state index in [0.717, 1.165) is 34.2 Å². The number of benzene rings is 5. The fraction of sp³-hybridized carbons (Fsp3) is 0.352. The summed E-state index contributed by atoms with van der Waals surface area (Å²) in [6.45, 7) is 9.62. The minimum atomic E-state index is -5.79. The number of piperidine rings is 1. The van der Waals surface area contributed by atoms with Gasteiger partial charge in [0, 0.05) is 99.9 Å².